The van der Waals surface area contributed by atoms with Crippen LogP contribution in [0.4, 0.5) is 0 Å². The molecule has 0 N–H and O–H groups in total. The zero-order chi connectivity index (χ0) is 12.6. The van der Waals surface area contributed by atoms with Gasteiger partial charge in [0.05, 0.1) is 0 Å². The maximum Gasteiger partial charge on any atom is 0.253 e. The van der Waals surface area contributed by atoms with Gasteiger partial charge in [0.15, 0.2) is 0 Å². The van der Waals surface area contributed by atoms with Gasteiger partial charge >= 0.3 is 0 Å². The number of nitrogens with zero attached hydrogens (tertiary/aromatic N) is 1. The minimum Gasteiger partial charge on any atom is -0.341 e. The molecule has 2 rings (SSSR count). The fourth-order valence-corrected chi connectivity index (χ4v) is 2.41. The lowest BCUT2D eigenvalue weighted by atomic mass is 10.1. The van der Waals surface area contributed by atoms with Gasteiger partial charge in [0, 0.05) is 23.6 Å². The molecule has 1 aliphatic carbocycles. The first-order valence-corrected chi connectivity index (χ1v) is 6.80. The molecular formula is C14H18BrNO. The fraction of sp³-hybridized carbons (Fsp3) is 0.500. The highest BCUT2D eigenvalue weighted by Crippen LogP contribution is 2.38. The molecule has 0 spiro atoms. The number of hydrogen-bond donors (Lipinski definition) is 0. The molecule has 0 aliphatic heterocycles. The second-order valence-corrected chi connectivity index (χ2v) is 5.98. The Labute approximate surface area is 111 Å². The molecule has 1 amide bonds. The molecule has 1 aromatic rings. The van der Waals surface area contributed by atoms with Crippen LogP contribution in [0.2, 0.25) is 0 Å². The van der Waals surface area contributed by atoms with E-state index >= 15 is 0 Å². The lowest BCUT2D eigenvalue weighted by Crippen LogP contribution is -2.29. The molecule has 1 saturated carbocycles. The van der Waals surface area contributed by atoms with Gasteiger partial charge in [-0.1, -0.05) is 28.9 Å². The molecule has 0 saturated heterocycles. The average Bonchev–Trinajstić information content (AvgIpc) is 2.97. The summed E-state index contributed by atoms with van der Waals surface area (Å²) >= 11 is 3.47. The van der Waals surface area contributed by atoms with Crippen LogP contribution < -0.4 is 0 Å². The topological polar surface area (TPSA) is 20.3 Å². The number of halogens is 1. The van der Waals surface area contributed by atoms with Crippen LogP contribution in [0.1, 0.15) is 29.3 Å². The summed E-state index contributed by atoms with van der Waals surface area (Å²) in [5, 5.41) is 0. The smallest absolute Gasteiger partial charge is 0.253 e. The van der Waals surface area contributed by atoms with Crippen molar-refractivity contribution in [3.63, 3.8) is 0 Å². The van der Waals surface area contributed by atoms with Gasteiger partial charge < -0.3 is 4.90 Å². The van der Waals surface area contributed by atoms with Gasteiger partial charge in [-0.15, -0.1) is 0 Å². The Kier molecular flexibility index (Phi) is 3.57. The summed E-state index contributed by atoms with van der Waals surface area (Å²) in [6.07, 6.45) is 1.26. The van der Waals surface area contributed by atoms with Crippen molar-refractivity contribution in [3.8, 4) is 0 Å². The predicted molar refractivity (Wildman–Crippen MR) is 73.1 cm³/mol. The van der Waals surface area contributed by atoms with Crippen LogP contribution in [0.5, 0.6) is 0 Å². The summed E-state index contributed by atoms with van der Waals surface area (Å²) in [7, 11) is 1.89. The van der Waals surface area contributed by atoms with Crippen LogP contribution in [0, 0.1) is 18.8 Å². The third-order valence-electron chi connectivity index (χ3n) is 3.55. The molecule has 3 heteroatoms. The van der Waals surface area contributed by atoms with Crippen molar-refractivity contribution < 1.29 is 4.79 Å². The summed E-state index contributed by atoms with van der Waals surface area (Å²) in [4.78, 5) is 14.0. The van der Waals surface area contributed by atoms with E-state index in [4.69, 9.17) is 0 Å². The van der Waals surface area contributed by atoms with Crippen LogP contribution in [-0.2, 0) is 0 Å². The summed E-state index contributed by atoms with van der Waals surface area (Å²) < 4.78 is 0.997. The molecule has 0 aromatic heterocycles. The normalized spacial score (nSPS) is 22.4. The van der Waals surface area contributed by atoms with Crippen LogP contribution >= 0.6 is 15.9 Å². The van der Waals surface area contributed by atoms with Crippen molar-refractivity contribution in [2.75, 3.05) is 13.6 Å². The lowest BCUT2D eigenvalue weighted by Gasteiger charge is -2.17. The van der Waals surface area contributed by atoms with Crippen molar-refractivity contribution in [2.45, 2.75) is 20.3 Å². The molecule has 2 atom stereocenters. The largest absolute Gasteiger partial charge is 0.341 e. The standard InChI is InChI=1S/C14H18BrNO/c1-9-4-5-11(7-13(9)15)14(17)16(3)8-12-6-10(12)2/h4-5,7,10,12H,6,8H2,1-3H3. The molecule has 0 bridgehead atoms. The first-order chi connectivity index (χ1) is 7.99. The highest BCUT2D eigenvalue weighted by atomic mass is 79.9. The molecule has 1 fully saturated rings. The first kappa shape index (κ1) is 12.6. The quantitative estimate of drug-likeness (QED) is 0.836. The number of carbonyl (C=O) groups excluding carboxylic acids is 1. The second kappa shape index (κ2) is 4.81. The van der Waals surface area contributed by atoms with Crippen molar-refractivity contribution >= 4 is 21.8 Å². The number of aryl methyl sites for hydroxylation is 1. The summed E-state index contributed by atoms with van der Waals surface area (Å²) in [6, 6.07) is 5.78. The van der Waals surface area contributed by atoms with E-state index in [0.29, 0.717) is 5.92 Å². The minimum absolute atomic E-state index is 0.116. The van der Waals surface area contributed by atoms with Gasteiger partial charge in [-0.25, -0.2) is 0 Å². The van der Waals surface area contributed by atoms with E-state index in [9.17, 15) is 4.79 Å². The summed E-state index contributed by atoms with van der Waals surface area (Å²) in [5.74, 6) is 1.61. The van der Waals surface area contributed by atoms with Gasteiger partial charge in [-0.05, 0) is 42.9 Å². The lowest BCUT2D eigenvalue weighted by molar-refractivity contribution is 0.0787. The molecular weight excluding hydrogens is 278 g/mol. The zero-order valence-corrected chi connectivity index (χ0v) is 12.1. The Morgan fingerprint density at radius 3 is 2.71 bits per heavy atom. The third kappa shape index (κ3) is 2.89. The number of hydrogen-bond acceptors (Lipinski definition) is 1. The SMILES string of the molecule is Cc1ccc(C(=O)N(C)CC2CC2C)cc1Br. The van der Waals surface area contributed by atoms with E-state index in [-0.39, 0.29) is 5.91 Å². The van der Waals surface area contributed by atoms with Gasteiger partial charge in [0.25, 0.3) is 5.91 Å². The van der Waals surface area contributed by atoms with E-state index in [1.807, 2.05) is 37.1 Å². The summed E-state index contributed by atoms with van der Waals surface area (Å²) in [5.41, 5.74) is 1.92. The van der Waals surface area contributed by atoms with E-state index in [0.717, 1.165) is 28.1 Å². The number of rotatable bonds is 3. The van der Waals surface area contributed by atoms with E-state index in [1.165, 1.54) is 6.42 Å². The van der Waals surface area contributed by atoms with Crippen LogP contribution in [0.3, 0.4) is 0 Å². The third-order valence-corrected chi connectivity index (χ3v) is 4.40. The molecule has 17 heavy (non-hydrogen) atoms. The highest BCUT2D eigenvalue weighted by Gasteiger charge is 2.34. The van der Waals surface area contributed by atoms with Crippen molar-refractivity contribution in [2.24, 2.45) is 11.8 Å². The minimum atomic E-state index is 0.116. The van der Waals surface area contributed by atoms with Crippen molar-refractivity contribution in [1.29, 1.82) is 0 Å². The molecule has 0 radical (unpaired) electrons. The second-order valence-electron chi connectivity index (χ2n) is 5.12. The molecule has 2 unspecified atom stereocenters. The maximum absolute atomic E-state index is 12.2. The number of benzene rings is 1. The summed E-state index contributed by atoms with van der Waals surface area (Å²) in [6.45, 7) is 5.14. The Morgan fingerprint density at radius 1 is 1.53 bits per heavy atom. The van der Waals surface area contributed by atoms with Gasteiger partial charge in [-0.2, -0.15) is 0 Å². The number of amides is 1. The van der Waals surface area contributed by atoms with Gasteiger partial charge in [-0.3, -0.25) is 4.79 Å². The first-order valence-electron chi connectivity index (χ1n) is 6.00. The number of carbonyl (C=O) groups is 1. The maximum atomic E-state index is 12.2. The van der Waals surface area contributed by atoms with Crippen molar-refractivity contribution in [3.05, 3.63) is 33.8 Å². The Balaban J connectivity index is 2.05. The average molecular weight is 296 g/mol. The predicted octanol–water partition coefficient (Wildman–Crippen LogP) is 3.49. The van der Waals surface area contributed by atoms with Crippen LogP contribution in [0.25, 0.3) is 0 Å². The molecule has 1 aliphatic rings. The highest BCUT2D eigenvalue weighted by molar-refractivity contribution is 9.10. The Hall–Kier alpha value is -0.830. The molecule has 2 nitrogen and oxygen atoms in total. The van der Waals surface area contributed by atoms with E-state index in [2.05, 4.69) is 22.9 Å². The zero-order valence-electron chi connectivity index (χ0n) is 10.5. The van der Waals surface area contributed by atoms with Crippen molar-refractivity contribution in [1.82, 2.24) is 4.90 Å². The van der Waals surface area contributed by atoms with Gasteiger partial charge in [0.2, 0.25) is 0 Å². The Bertz CT molecular complexity index is 444. The molecule has 0 heterocycles. The van der Waals surface area contributed by atoms with E-state index in [1.54, 1.807) is 0 Å². The van der Waals surface area contributed by atoms with Crippen LogP contribution in [-0.4, -0.2) is 24.4 Å². The van der Waals surface area contributed by atoms with Crippen LogP contribution in [0.15, 0.2) is 22.7 Å². The molecule has 1 aromatic carbocycles. The Morgan fingerprint density at radius 2 is 2.18 bits per heavy atom. The fourth-order valence-electron chi connectivity index (χ4n) is 2.03. The van der Waals surface area contributed by atoms with Gasteiger partial charge in [0.1, 0.15) is 0 Å². The molecule has 92 valence electrons. The van der Waals surface area contributed by atoms with E-state index < -0.39 is 0 Å². The monoisotopic (exact) mass is 295 g/mol.